The first-order chi connectivity index (χ1) is 5.58. The van der Waals surface area contributed by atoms with Crippen LogP contribution in [0.5, 0.6) is 0 Å². The molecule has 0 saturated carbocycles. The number of carbonyl (C=O) groups is 1. The highest BCUT2D eigenvalue weighted by molar-refractivity contribution is 5.85. The van der Waals surface area contributed by atoms with Gasteiger partial charge >= 0.3 is 5.97 Å². The molecular formula is C8H17ClN2O2. The summed E-state index contributed by atoms with van der Waals surface area (Å²) in [7, 11) is 0. The molecule has 0 amide bonds. The quantitative estimate of drug-likeness (QED) is 0.686. The number of nitrogens with two attached hydrogens (primary N) is 1. The molecule has 0 radical (unpaired) electrons. The van der Waals surface area contributed by atoms with E-state index in [2.05, 4.69) is 11.8 Å². The minimum absolute atomic E-state index is 0. The molecule has 0 spiro atoms. The first-order valence-corrected chi connectivity index (χ1v) is 4.33. The van der Waals surface area contributed by atoms with Crippen molar-refractivity contribution in [2.75, 3.05) is 19.6 Å². The van der Waals surface area contributed by atoms with E-state index in [0.29, 0.717) is 12.8 Å². The molecular weight excluding hydrogens is 192 g/mol. The molecule has 4 nitrogen and oxygen atoms in total. The van der Waals surface area contributed by atoms with Crippen molar-refractivity contribution in [2.45, 2.75) is 25.3 Å². The molecule has 0 atom stereocenters. The molecule has 0 bridgehead atoms. The Morgan fingerprint density at radius 3 is 2.31 bits per heavy atom. The van der Waals surface area contributed by atoms with E-state index in [1.807, 2.05) is 0 Å². The Balaban J connectivity index is 0.00000144. The predicted molar refractivity (Wildman–Crippen MR) is 53.2 cm³/mol. The Bertz CT molecular complexity index is 179. The maximum atomic E-state index is 10.7. The Morgan fingerprint density at radius 1 is 1.54 bits per heavy atom. The van der Waals surface area contributed by atoms with Gasteiger partial charge in [0, 0.05) is 13.1 Å². The average Bonchev–Trinajstić information content (AvgIpc) is 2.06. The number of nitrogens with zero attached hydrogens (tertiary/aromatic N) is 1. The molecule has 1 aliphatic heterocycles. The molecule has 0 aromatic heterocycles. The fourth-order valence-corrected chi connectivity index (χ4v) is 1.48. The summed E-state index contributed by atoms with van der Waals surface area (Å²) in [6.45, 7) is 4.67. The lowest BCUT2D eigenvalue weighted by Gasteiger charge is -2.35. The Morgan fingerprint density at radius 2 is 2.00 bits per heavy atom. The van der Waals surface area contributed by atoms with Crippen LogP contribution in [0, 0.1) is 0 Å². The normalized spacial score (nSPS) is 22.0. The number of piperidine rings is 1. The van der Waals surface area contributed by atoms with Crippen molar-refractivity contribution < 1.29 is 9.90 Å². The molecule has 0 aromatic rings. The van der Waals surface area contributed by atoms with Crippen molar-refractivity contribution >= 4 is 18.4 Å². The maximum Gasteiger partial charge on any atom is 0.323 e. The second-order valence-corrected chi connectivity index (χ2v) is 3.40. The van der Waals surface area contributed by atoms with Crippen LogP contribution in [0.4, 0.5) is 0 Å². The summed E-state index contributed by atoms with van der Waals surface area (Å²) < 4.78 is 0. The highest BCUT2D eigenvalue weighted by Crippen LogP contribution is 2.19. The van der Waals surface area contributed by atoms with Crippen LogP contribution in [-0.2, 0) is 4.79 Å². The van der Waals surface area contributed by atoms with E-state index in [0.717, 1.165) is 19.6 Å². The van der Waals surface area contributed by atoms with Crippen LogP contribution in [0.25, 0.3) is 0 Å². The van der Waals surface area contributed by atoms with Gasteiger partial charge in [-0.2, -0.15) is 0 Å². The molecule has 1 fully saturated rings. The minimum Gasteiger partial charge on any atom is -0.480 e. The lowest BCUT2D eigenvalue weighted by atomic mass is 9.89. The van der Waals surface area contributed by atoms with Crippen molar-refractivity contribution in [3.8, 4) is 0 Å². The maximum absolute atomic E-state index is 10.7. The van der Waals surface area contributed by atoms with Gasteiger partial charge in [0.05, 0.1) is 0 Å². The number of carboxylic acids is 1. The summed E-state index contributed by atoms with van der Waals surface area (Å²) in [5, 5.41) is 8.81. The summed E-state index contributed by atoms with van der Waals surface area (Å²) >= 11 is 0. The highest BCUT2D eigenvalue weighted by atomic mass is 35.5. The van der Waals surface area contributed by atoms with Gasteiger partial charge in [0.15, 0.2) is 0 Å². The highest BCUT2D eigenvalue weighted by Gasteiger charge is 2.36. The van der Waals surface area contributed by atoms with Crippen molar-refractivity contribution in [1.82, 2.24) is 4.90 Å². The molecule has 3 N–H and O–H groups in total. The molecule has 5 heteroatoms. The molecule has 0 aliphatic carbocycles. The van der Waals surface area contributed by atoms with E-state index < -0.39 is 11.5 Å². The third-order valence-electron chi connectivity index (χ3n) is 2.62. The van der Waals surface area contributed by atoms with Crippen LogP contribution < -0.4 is 5.73 Å². The Kier molecular flexibility index (Phi) is 4.67. The fourth-order valence-electron chi connectivity index (χ4n) is 1.48. The molecule has 78 valence electrons. The van der Waals surface area contributed by atoms with Gasteiger partial charge in [-0.05, 0) is 19.4 Å². The summed E-state index contributed by atoms with van der Waals surface area (Å²) in [5.74, 6) is -0.863. The summed E-state index contributed by atoms with van der Waals surface area (Å²) in [6.07, 6.45) is 1.13. The molecule has 0 aromatic carbocycles. The molecule has 1 aliphatic rings. The number of halogens is 1. The number of carboxylic acid groups (broad SMARTS) is 1. The smallest absolute Gasteiger partial charge is 0.323 e. The van der Waals surface area contributed by atoms with Crippen LogP contribution >= 0.6 is 12.4 Å². The number of aliphatic carboxylic acids is 1. The van der Waals surface area contributed by atoms with Crippen molar-refractivity contribution in [1.29, 1.82) is 0 Å². The van der Waals surface area contributed by atoms with Crippen LogP contribution in [0.1, 0.15) is 19.8 Å². The SMILES string of the molecule is CCN1CCC(N)(C(=O)O)CC1.Cl. The molecule has 1 rings (SSSR count). The summed E-state index contributed by atoms with van der Waals surface area (Å²) in [6, 6.07) is 0. The lowest BCUT2D eigenvalue weighted by Crippen LogP contribution is -2.55. The van der Waals surface area contributed by atoms with Crippen LogP contribution in [-0.4, -0.2) is 41.1 Å². The van der Waals surface area contributed by atoms with Gasteiger partial charge in [-0.25, -0.2) is 0 Å². The molecule has 0 unspecified atom stereocenters. The number of likely N-dealkylation sites (tertiary alicyclic amines) is 1. The van der Waals surface area contributed by atoms with E-state index >= 15 is 0 Å². The van der Waals surface area contributed by atoms with Crippen LogP contribution in [0.2, 0.25) is 0 Å². The largest absolute Gasteiger partial charge is 0.480 e. The first-order valence-electron chi connectivity index (χ1n) is 4.33. The Labute approximate surface area is 84.5 Å². The van der Waals surface area contributed by atoms with E-state index in [4.69, 9.17) is 10.8 Å². The molecule has 1 saturated heterocycles. The zero-order valence-corrected chi connectivity index (χ0v) is 8.64. The van der Waals surface area contributed by atoms with E-state index in [-0.39, 0.29) is 12.4 Å². The van der Waals surface area contributed by atoms with E-state index in [1.54, 1.807) is 0 Å². The van der Waals surface area contributed by atoms with Gasteiger partial charge in [0.2, 0.25) is 0 Å². The summed E-state index contributed by atoms with van der Waals surface area (Å²) in [5.41, 5.74) is 4.73. The standard InChI is InChI=1S/C8H16N2O2.ClH/c1-2-10-5-3-8(9,4-6-10)7(11)12;/h2-6,9H2,1H3,(H,11,12);1H. The van der Waals surface area contributed by atoms with Crippen LogP contribution in [0.15, 0.2) is 0 Å². The van der Waals surface area contributed by atoms with Gasteiger partial charge in [-0.1, -0.05) is 6.92 Å². The van der Waals surface area contributed by atoms with Gasteiger partial charge in [0.1, 0.15) is 5.54 Å². The van der Waals surface area contributed by atoms with Crippen LogP contribution in [0.3, 0.4) is 0 Å². The molecule has 13 heavy (non-hydrogen) atoms. The molecule has 1 heterocycles. The zero-order chi connectivity index (χ0) is 9.19. The minimum atomic E-state index is -0.967. The number of hydrogen-bond donors (Lipinski definition) is 2. The van der Waals surface area contributed by atoms with Gasteiger partial charge < -0.3 is 15.7 Å². The zero-order valence-electron chi connectivity index (χ0n) is 7.82. The topological polar surface area (TPSA) is 66.6 Å². The van der Waals surface area contributed by atoms with E-state index in [9.17, 15) is 4.79 Å². The number of rotatable bonds is 2. The second kappa shape index (κ2) is 4.79. The predicted octanol–water partition coefficient (Wildman–Crippen LogP) is 0.306. The lowest BCUT2D eigenvalue weighted by molar-refractivity contribution is -0.145. The van der Waals surface area contributed by atoms with Crippen molar-refractivity contribution in [2.24, 2.45) is 5.73 Å². The third-order valence-corrected chi connectivity index (χ3v) is 2.62. The Hall–Kier alpha value is -0.320. The van der Waals surface area contributed by atoms with Crippen molar-refractivity contribution in [3.05, 3.63) is 0 Å². The first kappa shape index (κ1) is 12.7. The fraction of sp³-hybridized carbons (Fsp3) is 0.875. The van der Waals surface area contributed by atoms with Gasteiger partial charge in [-0.3, -0.25) is 4.79 Å². The van der Waals surface area contributed by atoms with Crippen molar-refractivity contribution in [3.63, 3.8) is 0 Å². The number of hydrogen-bond acceptors (Lipinski definition) is 3. The van der Waals surface area contributed by atoms with Gasteiger partial charge in [0.25, 0.3) is 0 Å². The third kappa shape index (κ3) is 2.83. The van der Waals surface area contributed by atoms with E-state index in [1.165, 1.54) is 0 Å². The monoisotopic (exact) mass is 208 g/mol. The summed E-state index contributed by atoms with van der Waals surface area (Å²) in [4.78, 5) is 12.9. The van der Waals surface area contributed by atoms with Gasteiger partial charge in [-0.15, -0.1) is 12.4 Å². The average molecular weight is 209 g/mol. The second-order valence-electron chi connectivity index (χ2n) is 3.40.